The Kier molecular flexibility index (Phi) is 4.92. The van der Waals surface area contributed by atoms with E-state index in [1.54, 1.807) is 14.0 Å². The summed E-state index contributed by atoms with van der Waals surface area (Å²) in [6.45, 7) is 11.6. The highest BCUT2D eigenvalue weighted by atomic mass is 16.7. The van der Waals surface area contributed by atoms with Crippen LogP contribution in [0.2, 0.25) is 0 Å². The molecule has 2 saturated carbocycles. The molecule has 5 nitrogen and oxygen atoms in total. The first-order valence-corrected chi connectivity index (χ1v) is 11.1. The van der Waals surface area contributed by atoms with Gasteiger partial charge in [-0.3, -0.25) is 4.79 Å². The van der Waals surface area contributed by atoms with Gasteiger partial charge < -0.3 is 18.9 Å². The van der Waals surface area contributed by atoms with Gasteiger partial charge in [0.15, 0.2) is 6.29 Å². The first kappa shape index (κ1) is 20.6. The van der Waals surface area contributed by atoms with E-state index in [-0.39, 0.29) is 40.4 Å². The molecule has 5 heteroatoms. The fourth-order valence-electron chi connectivity index (χ4n) is 7.75. The topological polar surface area (TPSA) is 54.0 Å². The molecule has 0 amide bonds. The second kappa shape index (κ2) is 6.68. The lowest BCUT2D eigenvalue weighted by Crippen LogP contribution is -2.67. The number of methoxy groups -OCH3 is 1. The van der Waals surface area contributed by atoms with E-state index in [0.29, 0.717) is 18.4 Å². The summed E-state index contributed by atoms with van der Waals surface area (Å²) in [6.07, 6.45) is 7.11. The molecule has 160 valence electrons. The summed E-state index contributed by atoms with van der Waals surface area (Å²) in [5.74, 6) is 0.491. The van der Waals surface area contributed by atoms with Crippen molar-refractivity contribution in [3.05, 3.63) is 0 Å². The fraction of sp³-hybridized carbons (Fsp3) is 0.957. The third-order valence-electron chi connectivity index (χ3n) is 8.77. The average Bonchev–Trinajstić information content (AvgIpc) is 3.17. The van der Waals surface area contributed by atoms with E-state index in [4.69, 9.17) is 18.9 Å². The molecule has 2 saturated heterocycles. The summed E-state index contributed by atoms with van der Waals surface area (Å²) in [5, 5.41) is 0. The zero-order valence-electron chi connectivity index (χ0n) is 18.5. The van der Waals surface area contributed by atoms with E-state index >= 15 is 0 Å². The van der Waals surface area contributed by atoms with Crippen LogP contribution in [0.1, 0.15) is 79.6 Å². The Labute approximate surface area is 169 Å². The summed E-state index contributed by atoms with van der Waals surface area (Å²) in [5.41, 5.74) is -0.293. The van der Waals surface area contributed by atoms with Crippen LogP contribution in [0.5, 0.6) is 0 Å². The van der Waals surface area contributed by atoms with E-state index in [0.717, 1.165) is 32.1 Å². The Morgan fingerprint density at radius 3 is 2.50 bits per heavy atom. The molecule has 4 fully saturated rings. The molecular weight excluding hydrogens is 356 g/mol. The van der Waals surface area contributed by atoms with Crippen LogP contribution < -0.4 is 0 Å². The van der Waals surface area contributed by atoms with Gasteiger partial charge in [-0.1, -0.05) is 34.1 Å². The summed E-state index contributed by atoms with van der Waals surface area (Å²) in [4.78, 5) is 11.9. The molecule has 7 atom stereocenters. The van der Waals surface area contributed by atoms with Crippen molar-refractivity contribution < 1.29 is 23.7 Å². The van der Waals surface area contributed by atoms with Gasteiger partial charge in [-0.25, -0.2) is 0 Å². The molecule has 0 aromatic rings. The van der Waals surface area contributed by atoms with E-state index in [1.807, 2.05) is 0 Å². The highest BCUT2D eigenvalue weighted by Gasteiger charge is 2.70. The van der Waals surface area contributed by atoms with E-state index in [1.165, 1.54) is 12.8 Å². The number of hydrogen-bond acceptors (Lipinski definition) is 5. The molecule has 0 aromatic heterocycles. The molecule has 2 spiro atoms. The van der Waals surface area contributed by atoms with Gasteiger partial charge in [0.1, 0.15) is 6.10 Å². The minimum absolute atomic E-state index is 0.0127. The van der Waals surface area contributed by atoms with Crippen LogP contribution in [0.3, 0.4) is 0 Å². The summed E-state index contributed by atoms with van der Waals surface area (Å²) < 4.78 is 24.4. The van der Waals surface area contributed by atoms with Crippen LogP contribution in [0.4, 0.5) is 0 Å². The van der Waals surface area contributed by atoms with Crippen LogP contribution in [-0.2, 0) is 23.7 Å². The average molecular weight is 395 g/mol. The number of hydrogen-bond donors (Lipinski definition) is 0. The van der Waals surface area contributed by atoms with Gasteiger partial charge in [0.25, 0.3) is 0 Å². The van der Waals surface area contributed by atoms with Gasteiger partial charge in [0.2, 0.25) is 0 Å². The number of fused-ring (bicyclic) bond motifs is 2. The quantitative estimate of drug-likeness (QED) is 0.647. The maximum absolute atomic E-state index is 11.9. The summed E-state index contributed by atoms with van der Waals surface area (Å²) in [6, 6.07) is 0. The first-order valence-electron chi connectivity index (χ1n) is 11.1. The first-order chi connectivity index (χ1) is 13.1. The second-order valence-electron chi connectivity index (χ2n) is 10.9. The minimum Gasteiger partial charge on any atom is -0.462 e. The molecule has 28 heavy (non-hydrogen) atoms. The smallest absolute Gasteiger partial charge is 0.302 e. The predicted molar refractivity (Wildman–Crippen MR) is 106 cm³/mol. The predicted octanol–water partition coefficient (Wildman–Crippen LogP) is 4.47. The Morgan fingerprint density at radius 2 is 1.86 bits per heavy atom. The summed E-state index contributed by atoms with van der Waals surface area (Å²) >= 11 is 0. The van der Waals surface area contributed by atoms with E-state index in [9.17, 15) is 4.79 Å². The highest BCUT2D eigenvalue weighted by Crippen LogP contribution is 2.68. The number of ether oxygens (including phenoxy) is 4. The lowest BCUT2D eigenvalue weighted by molar-refractivity contribution is -0.272. The van der Waals surface area contributed by atoms with E-state index < -0.39 is 0 Å². The van der Waals surface area contributed by atoms with Gasteiger partial charge in [-0.05, 0) is 43.4 Å². The normalized spacial score (nSPS) is 50.1. The van der Waals surface area contributed by atoms with Crippen molar-refractivity contribution in [1.82, 2.24) is 0 Å². The lowest BCUT2D eigenvalue weighted by Gasteiger charge is -2.65. The zero-order chi connectivity index (χ0) is 20.4. The Hall–Kier alpha value is -0.650. The Morgan fingerprint density at radius 1 is 1.11 bits per heavy atom. The van der Waals surface area contributed by atoms with Crippen molar-refractivity contribution in [1.29, 1.82) is 0 Å². The number of esters is 1. The van der Waals surface area contributed by atoms with Gasteiger partial charge in [0, 0.05) is 31.8 Å². The lowest BCUT2D eigenvalue weighted by atomic mass is 9.43. The molecule has 4 aliphatic rings. The molecule has 0 unspecified atom stereocenters. The van der Waals surface area contributed by atoms with Gasteiger partial charge in [-0.15, -0.1) is 0 Å². The SMILES string of the molecule is CO[C@H]1C[C@]2(CC[C@@]3(O2)[C@H](C)C[C@@H](OC(C)=O)[C@H]2C(C)(C)CCC[C@@]23C)CO1. The minimum atomic E-state index is -0.224. The molecule has 0 radical (unpaired) electrons. The van der Waals surface area contributed by atoms with Crippen molar-refractivity contribution in [2.45, 2.75) is 103 Å². The molecule has 2 aliphatic heterocycles. The van der Waals surface area contributed by atoms with Crippen LogP contribution in [0.25, 0.3) is 0 Å². The molecule has 0 bridgehead atoms. The largest absolute Gasteiger partial charge is 0.462 e. The van der Waals surface area contributed by atoms with Crippen molar-refractivity contribution in [3.63, 3.8) is 0 Å². The number of carbonyl (C=O) groups excluding carboxylic acids is 1. The van der Waals surface area contributed by atoms with Crippen LogP contribution in [0, 0.1) is 22.7 Å². The molecule has 4 rings (SSSR count). The van der Waals surface area contributed by atoms with Gasteiger partial charge in [-0.2, -0.15) is 0 Å². The molecule has 2 aliphatic carbocycles. The third-order valence-corrected chi connectivity index (χ3v) is 8.77. The number of carbonyl (C=O) groups is 1. The Bertz CT molecular complexity index is 632. The van der Waals surface area contributed by atoms with E-state index in [2.05, 4.69) is 27.7 Å². The van der Waals surface area contributed by atoms with Crippen molar-refractivity contribution in [3.8, 4) is 0 Å². The summed E-state index contributed by atoms with van der Waals surface area (Å²) in [7, 11) is 1.71. The molecule has 0 N–H and O–H groups in total. The maximum atomic E-state index is 11.9. The Balaban J connectivity index is 1.72. The van der Waals surface area contributed by atoms with Crippen LogP contribution in [0.15, 0.2) is 0 Å². The monoisotopic (exact) mass is 394 g/mol. The van der Waals surface area contributed by atoms with Gasteiger partial charge in [0.05, 0.1) is 17.8 Å². The number of rotatable bonds is 2. The molecule has 0 aromatic carbocycles. The van der Waals surface area contributed by atoms with Gasteiger partial charge >= 0.3 is 5.97 Å². The zero-order valence-corrected chi connectivity index (χ0v) is 18.5. The fourth-order valence-corrected chi connectivity index (χ4v) is 7.75. The van der Waals surface area contributed by atoms with Crippen molar-refractivity contribution in [2.24, 2.45) is 22.7 Å². The molecular formula is C23H38O5. The standard InChI is InChI=1S/C23H38O5/c1-15-12-17(27-16(2)24)19-20(3,4)8-7-9-21(19,5)23(15)11-10-22(28-23)13-18(25-6)26-14-22/h15,17-19H,7-14H2,1-6H3/t15-,17-,18-,19+,21+,22-,23-/m1/s1. The van der Waals surface area contributed by atoms with Crippen molar-refractivity contribution in [2.75, 3.05) is 13.7 Å². The maximum Gasteiger partial charge on any atom is 0.302 e. The highest BCUT2D eigenvalue weighted by molar-refractivity contribution is 5.66. The molecule has 2 heterocycles. The van der Waals surface area contributed by atoms with Crippen molar-refractivity contribution >= 4 is 5.97 Å². The van der Waals surface area contributed by atoms with Crippen LogP contribution >= 0.6 is 0 Å². The van der Waals surface area contributed by atoms with Crippen LogP contribution in [-0.4, -0.2) is 43.3 Å². The third kappa shape index (κ3) is 2.87. The second-order valence-corrected chi connectivity index (χ2v) is 10.9.